The molecule has 2 aromatic carbocycles. The van der Waals surface area contributed by atoms with Crippen LogP contribution in [0.2, 0.25) is 0 Å². The van der Waals surface area contributed by atoms with Crippen molar-refractivity contribution in [2.24, 2.45) is 5.92 Å². The van der Waals surface area contributed by atoms with Gasteiger partial charge in [0.05, 0.1) is 28.8 Å². The van der Waals surface area contributed by atoms with Gasteiger partial charge in [-0.15, -0.1) is 0 Å². The number of halogens is 1. The molecule has 0 saturated heterocycles. The van der Waals surface area contributed by atoms with E-state index < -0.39 is 6.23 Å². The molecule has 6 aromatic rings. The molecule has 1 saturated carbocycles. The highest BCUT2D eigenvalue weighted by Gasteiger charge is 2.22. The van der Waals surface area contributed by atoms with Crippen LogP contribution in [0.15, 0.2) is 79.3 Å². The molecular formula is C32H29FN6O. The van der Waals surface area contributed by atoms with Crippen LogP contribution in [0.1, 0.15) is 32.1 Å². The topological polar surface area (TPSA) is 103 Å². The maximum Gasteiger partial charge on any atom is 0.127 e. The van der Waals surface area contributed by atoms with Crippen molar-refractivity contribution in [3.8, 4) is 33.8 Å². The molecule has 4 heterocycles. The Morgan fingerprint density at radius 3 is 2.60 bits per heavy atom. The molecule has 7 nitrogen and oxygen atoms in total. The molecule has 0 amide bonds. The largest absolute Gasteiger partial charge is 0.374 e. The van der Waals surface area contributed by atoms with Gasteiger partial charge in [-0.05, 0) is 60.9 Å². The third kappa shape index (κ3) is 4.60. The average Bonchev–Trinajstić information content (AvgIpc) is 3.61. The third-order valence-electron chi connectivity index (χ3n) is 7.95. The monoisotopic (exact) mass is 532 g/mol. The summed E-state index contributed by atoms with van der Waals surface area (Å²) in [5, 5.41) is 23.6. The minimum atomic E-state index is -0.575. The van der Waals surface area contributed by atoms with E-state index in [9.17, 15) is 9.50 Å². The van der Waals surface area contributed by atoms with Crippen LogP contribution in [-0.4, -0.2) is 36.5 Å². The molecular weight excluding hydrogens is 503 g/mol. The lowest BCUT2D eigenvalue weighted by Crippen LogP contribution is -2.30. The molecule has 1 aliphatic carbocycles. The molecule has 8 heteroatoms. The van der Waals surface area contributed by atoms with Crippen LogP contribution in [0.25, 0.3) is 55.6 Å². The summed E-state index contributed by atoms with van der Waals surface area (Å²) in [5.74, 6) is -0.0228. The lowest BCUT2D eigenvalue weighted by atomic mass is 9.88. The van der Waals surface area contributed by atoms with E-state index in [1.165, 1.54) is 31.4 Å². The van der Waals surface area contributed by atoms with Crippen LogP contribution in [0.4, 0.5) is 10.1 Å². The van der Waals surface area contributed by atoms with Crippen LogP contribution in [0, 0.1) is 11.7 Å². The number of pyridine rings is 2. The second kappa shape index (κ2) is 10.2. The van der Waals surface area contributed by atoms with Gasteiger partial charge in [0, 0.05) is 45.7 Å². The lowest BCUT2D eigenvalue weighted by Gasteiger charge is -2.27. The van der Waals surface area contributed by atoms with Gasteiger partial charge in [-0.1, -0.05) is 37.5 Å². The number of benzene rings is 2. The van der Waals surface area contributed by atoms with E-state index in [2.05, 4.69) is 36.5 Å². The molecule has 4 aromatic heterocycles. The van der Waals surface area contributed by atoms with Gasteiger partial charge < -0.3 is 15.4 Å². The van der Waals surface area contributed by atoms with Gasteiger partial charge >= 0.3 is 0 Å². The number of aliphatic hydroxyl groups excluding tert-OH is 1. The second-order valence-electron chi connectivity index (χ2n) is 10.6. The predicted molar refractivity (Wildman–Crippen MR) is 156 cm³/mol. The van der Waals surface area contributed by atoms with E-state index in [1.54, 1.807) is 18.5 Å². The Kier molecular flexibility index (Phi) is 6.24. The number of nitrogens with one attached hydrogen (secondary N) is 3. The Bertz CT molecular complexity index is 1820. The van der Waals surface area contributed by atoms with Crippen molar-refractivity contribution in [1.29, 1.82) is 0 Å². The summed E-state index contributed by atoms with van der Waals surface area (Å²) in [4.78, 5) is 12.5. The number of rotatable bonds is 6. The van der Waals surface area contributed by atoms with Crippen LogP contribution < -0.4 is 5.32 Å². The average molecular weight is 533 g/mol. The van der Waals surface area contributed by atoms with Crippen molar-refractivity contribution in [2.45, 2.75) is 38.3 Å². The van der Waals surface area contributed by atoms with Gasteiger partial charge in [0.15, 0.2) is 0 Å². The van der Waals surface area contributed by atoms with Crippen LogP contribution in [0.3, 0.4) is 0 Å². The fraction of sp³-hybridized carbons (Fsp3) is 0.219. The van der Waals surface area contributed by atoms with Gasteiger partial charge in [-0.2, -0.15) is 5.10 Å². The van der Waals surface area contributed by atoms with Crippen LogP contribution >= 0.6 is 0 Å². The molecule has 0 bridgehead atoms. The van der Waals surface area contributed by atoms with Crippen molar-refractivity contribution < 1.29 is 9.50 Å². The van der Waals surface area contributed by atoms with E-state index in [0.717, 1.165) is 68.4 Å². The highest BCUT2D eigenvalue weighted by Crippen LogP contribution is 2.35. The van der Waals surface area contributed by atoms with Crippen molar-refractivity contribution in [3.05, 3.63) is 85.1 Å². The summed E-state index contributed by atoms with van der Waals surface area (Å²) in [6.45, 7) is 0. The summed E-state index contributed by atoms with van der Waals surface area (Å²) in [5.41, 5.74) is 7.62. The van der Waals surface area contributed by atoms with Gasteiger partial charge in [0.2, 0.25) is 0 Å². The zero-order valence-electron chi connectivity index (χ0n) is 21.9. The summed E-state index contributed by atoms with van der Waals surface area (Å²) in [6.07, 6.45) is 10.4. The van der Waals surface area contributed by atoms with Gasteiger partial charge in [0.1, 0.15) is 17.7 Å². The Morgan fingerprint density at radius 2 is 1.73 bits per heavy atom. The molecule has 0 spiro atoms. The molecule has 0 aliphatic heterocycles. The van der Waals surface area contributed by atoms with Crippen molar-refractivity contribution in [3.63, 3.8) is 0 Å². The first-order valence-corrected chi connectivity index (χ1v) is 13.7. The third-order valence-corrected chi connectivity index (χ3v) is 7.95. The first-order valence-electron chi connectivity index (χ1n) is 13.7. The molecule has 0 radical (unpaired) electrons. The van der Waals surface area contributed by atoms with Gasteiger partial charge in [0.25, 0.3) is 0 Å². The van der Waals surface area contributed by atoms with Crippen LogP contribution in [-0.2, 0) is 0 Å². The molecule has 1 atom stereocenters. The van der Waals surface area contributed by atoms with E-state index in [0.29, 0.717) is 5.69 Å². The lowest BCUT2D eigenvalue weighted by molar-refractivity contribution is 0.109. The first kappa shape index (κ1) is 24.5. The van der Waals surface area contributed by atoms with E-state index in [-0.39, 0.29) is 11.7 Å². The predicted octanol–water partition coefficient (Wildman–Crippen LogP) is 7.28. The number of aromatic amines is 2. The van der Waals surface area contributed by atoms with E-state index in [1.807, 2.05) is 42.6 Å². The van der Waals surface area contributed by atoms with Crippen molar-refractivity contribution in [1.82, 2.24) is 25.1 Å². The van der Waals surface area contributed by atoms with E-state index in [4.69, 9.17) is 0 Å². The number of fused-ring (bicyclic) bond motifs is 2. The number of aromatic nitrogens is 5. The maximum absolute atomic E-state index is 13.9. The molecule has 7 rings (SSSR count). The van der Waals surface area contributed by atoms with Crippen LogP contribution in [0.5, 0.6) is 0 Å². The smallest absolute Gasteiger partial charge is 0.127 e. The SMILES string of the molecule is OC(Nc1cncc(-c2ccc3[nH]nc(-c4cc5c(-c6cccc(F)c6)nccc5[nH]4)c3c2)c1)C1CCCCC1. The number of aliphatic hydroxyl groups is 1. The quantitative estimate of drug-likeness (QED) is 0.169. The minimum Gasteiger partial charge on any atom is -0.374 e. The molecule has 4 N–H and O–H groups in total. The highest BCUT2D eigenvalue weighted by molar-refractivity contribution is 6.00. The molecule has 1 fully saturated rings. The Morgan fingerprint density at radius 1 is 0.850 bits per heavy atom. The molecule has 1 unspecified atom stereocenters. The zero-order chi connectivity index (χ0) is 27.1. The first-order chi connectivity index (χ1) is 19.6. The Hall–Kier alpha value is -4.56. The number of hydrogen-bond acceptors (Lipinski definition) is 5. The van der Waals surface area contributed by atoms with E-state index >= 15 is 0 Å². The Balaban J connectivity index is 1.22. The Labute approximate surface area is 230 Å². The van der Waals surface area contributed by atoms with Gasteiger partial charge in [-0.25, -0.2) is 4.39 Å². The van der Waals surface area contributed by atoms with Gasteiger partial charge in [-0.3, -0.25) is 15.1 Å². The maximum atomic E-state index is 13.9. The summed E-state index contributed by atoms with van der Waals surface area (Å²) in [7, 11) is 0. The number of H-pyrrole nitrogens is 2. The number of hydrogen-bond donors (Lipinski definition) is 4. The normalized spacial score (nSPS) is 15.1. The van der Waals surface area contributed by atoms with Crippen molar-refractivity contribution >= 4 is 27.5 Å². The fourth-order valence-electron chi connectivity index (χ4n) is 5.86. The molecule has 1 aliphatic rings. The molecule has 40 heavy (non-hydrogen) atoms. The van der Waals surface area contributed by atoms with Crippen molar-refractivity contribution in [2.75, 3.05) is 5.32 Å². The highest BCUT2D eigenvalue weighted by atomic mass is 19.1. The summed E-state index contributed by atoms with van der Waals surface area (Å²) < 4.78 is 13.9. The second-order valence-corrected chi connectivity index (χ2v) is 10.6. The number of anilines is 1. The summed E-state index contributed by atoms with van der Waals surface area (Å²) in [6, 6.07) is 18.6. The minimum absolute atomic E-state index is 0.273. The molecule has 200 valence electrons. The number of nitrogens with zero attached hydrogens (tertiary/aromatic N) is 3. The standard InChI is InChI=1S/C32H29FN6O/c33-23-8-4-7-21(13-23)30-26-16-29(37-27(26)11-12-35-30)31-25-15-20(9-10-28(25)38-39-31)22-14-24(18-34-17-22)36-32(40)19-5-2-1-3-6-19/h4,7-19,32,36-37,40H,1-3,5-6H2,(H,38,39). The zero-order valence-corrected chi connectivity index (χ0v) is 21.9. The summed E-state index contributed by atoms with van der Waals surface area (Å²) >= 11 is 0. The fourth-order valence-corrected chi connectivity index (χ4v) is 5.86.